The number of piperidine rings is 1. The maximum Gasteiger partial charge on any atom is 0.255 e. The van der Waals surface area contributed by atoms with E-state index in [4.69, 9.17) is 34.8 Å². The van der Waals surface area contributed by atoms with Crippen LogP contribution in [0.2, 0.25) is 15.1 Å². The van der Waals surface area contributed by atoms with Crippen LogP contribution in [-0.4, -0.2) is 49.4 Å². The van der Waals surface area contributed by atoms with Gasteiger partial charge in [0.05, 0.1) is 17.8 Å². The van der Waals surface area contributed by atoms with Crippen LogP contribution in [0.5, 0.6) is 0 Å². The van der Waals surface area contributed by atoms with Crippen LogP contribution in [-0.2, 0) is 24.3 Å². The van der Waals surface area contributed by atoms with Crippen molar-refractivity contribution < 1.29 is 9.59 Å². The molecule has 2 aromatic heterocycles. The van der Waals surface area contributed by atoms with Crippen molar-refractivity contribution in [3.05, 3.63) is 109 Å². The van der Waals surface area contributed by atoms with Crippen LogP contribution < -0.4 is 10.9 Å². The van der Waals surface area contributed by atoms with Gasteiger partial charge in [-0.1, -0.05) is 58.2 Å². The average molecular weight is 614 g/mol. The Morgan fingerprint density at radius 1 is 0.951 bits per heavy atom. The van der Waals surface area contributed by atoms with E-state index < -0.39 is 0 Å². The Hall–Kier alpha value is -3.66. The molecule has 9 nitrogen and oxygen atoms in total. The maximum absolute atomic E-state index is 13.2. The molecule has 2 amide bonds. The Labute approximate surface area is 251 Å². The Kier molecular flexibility index (Phi) is 9.07. The van der Waals surface area contributed by atoms with Gasteiger partial charge in [0.1, 0.15) is 6.54 Å². The second kappa shape index (κ2) is 12.9. The van der Waals surface area contributed by atoms with Gasteiger partial charge in [-0.25, -0.2) is 4.68 Å². The first kappa shape index (κ1) is 28.9. The number of hydrogen-bond acceptors (Lipinski definition) is 5. The molecule has 1 N–H and O–H groups in total. The van der Waals surface area contributed by atoms with Gasteiger partial charge in [-0.2, -0.15) is 0 Å². The zero-order valence-corrected chi connectivity index (χ0v) is 24.2. The number of nitrogens with one attached hydrogen (secondary N) is 1. The van der Waals surface area contributed by atoms with Crippen LogP contribution >= 0.6 is 34.8 Å². The van der Waals surface area contributed by atoms with E-state index in [1.807, 2.05) is 23.1 Å². The van der Waals surface area contributed by atoms with Crippen molar-refractivity contribution >= 4 is 52.3 Å². The van der Waals surface area contributed by atoms with Gasteiger partial charge in [-0.05, 0) is 61.1 Å². The van der Waals surface area contributed by atoms with E-state index in [9.17, 15) is 14.4 Å². The standard InChI is InChI=1S/C29H27Cl3N6O3/c30-22-12-23(31)14-24(13-22)33-27(39)18-38-17-25(34-35-38)11-19-7-9-36(10-8-19)29(41)21-5-6-28(40)37(16-21)15-20-3-1-2-4-26(20)32/h1-6,12-14,16-17,19H,7-11,15,18H2,(H,33,39). The van der Waals surface area contributed by atoms with Gasteiger partial charge in [0.15, 0.2) is 0 Å². The molecule has 1 aliphatic rings. The molecular formula is C29H27Cl3N6O3. The molecule has 2 aromatic carbocycles. The zero-order chi connectivity index (χ0) is 28.9. The molecule has 1 saturated heterocycles. The van der Waals surface area contributed by atoms with E-state index in [-0.39, 0.29) is 23.9 Å². The topological polar surface area (TPSA) is 102 Å². The number of rotatable bonds is 8. The molecule has 0 aliphatic carbocycles. The molecule has 12 heteroatoms. The maximum atomic E-state index is 13.2. The Morgan fingerprint density at radius 3 is 2.41 bits per heavy atom. The highest BCUT2D eigenvalue weighted by molar-refractivity contribution is 6.35. The molecule has 0 radical (unpaired) electrons. The second-order valence-corrected chi connectivity index (χ2v) is 11.3. The van der Waals surface area contributed by atoms with E-state index in [0.29, 0.717) is 58.3 Å². The lowest BCUT2D eigenvalue weighted by Gasteiger charge is -2.31. The van der Waals surface area contributed by atoms with Crippen LogP contribution in [0.3, 0.4) is 0 Å². The molecule has 3 heterocycles. The Morgan fingerprint density at radius 2 is 1.68 bits per heavy atom. The van der Waals surface area contributed by atoms with Gasteiger partial charge in [-0.15, -0.1) is 5.10 Å². The molecule has 4 aromatic rings. The SMILES string of the molecule is O=C(Cn1cc(CC2CCN(C(=O)c3ccc(=O)n(Cc4ccccc4Cl)c3)CC2)nn1)Nc1cc(Cl)cc(Cl)c1. The second-order valence-electron chi connectivity index (χ2n) is 10.0. The number of amides is 2. The van der Waals surface area contributed by atoms with Crippen LogP contribution in [0.1, 0.15) is 34.5 Å². The van der Waals surface area contributed by atoms with Crippen molar-refractivity contribution in [2.24, 2.45) is 5.92 Å². The number of likely N-dealkylation sites (tertiary alicyclic amines) is 1. The van der Waals surface area contributed by atoms with E-state index in [1.165, 1.54) is 15.3 Å². The average Bonchev–Trinajstić information content (AvgIpc) is 3.36. The molecule has 0 bridgehead atoms. The van der Waals surface area contributed by atoms with Crippen molar-refractivity contribution in [3.63, 3.8) is 0 Å². The summed E-state index contributed by atoms with van der Waals surface area (Å²) in [5.74, 6) is -0.0417. The van der Waals surface area contributed by atoms with Gasteiger partial charge in [-0.3, -0.25) is 14.4 Å². The van der Waals surface area contributed by atoms with Gasteiger partial charge in [0.2, 0.25) is 5.91 Å². The third-order valence-corrected chi connectivity index (χ3v) is 7.77. The number of hydrogen-bond donors (Lipinski definition) is 1. The first-order chi connectivity index (χ1) is 19.7. The van der Waals surface area contributed by atoms with E-state index >= 15 is 0 Å². The largest absolute Gasteiger partial charge is 0.339 e. The van der Waals surface area contributed by atoms with Crippen molar-refractivity contribution in [1.82, 2.24) is 24.5 Å². The summed E-state index contributed by atoms with van der Waals surface area (Å²) in [4.78, 5) is 39.9. The number of aromatic nitrogens is 4. The Balaban J connectivity index is 1.13. The summed E-state index contributed by atoms with van der Waals surface area (Å²) in [6, 6.07) is 15.2. The van der Waals surface area contributed by atoms with Gasteiger partial charge in [0, 0.05) is 52.3 Å². The summed E-state index contributed by atoms with van der Waals surface area (Å²) in [5, 5.41) is 12.5. The number of halogens is 3. The summed E-state index contributed by atoms with van der Waals surface area (Å²) in [6.07, 6.45) is 5.71. The zero-order valence-electron chi connectivity index (χ0n) is 22.0. The highest BCUT2D eigenvalue weighted by Crippen LogP contribution is 2.24. The fraction of sp³-hybridized carbons (Fsp3) is 0.276. The molecule has 1 aliphatic heterocycles. The first-order valence-corrected chi connectivity index (χ1v) is 14.2. The third kappa shape index (κ3) is 7.55. The minimum Gasteiger partial charge on any atom is -0.339 e. The molecule has 0 spiro atoms. The van der Waals surface area contributed by atoms with Crippen molar-refractivity contribution in [2.45, 2.75) is 32.4 Å². The van der Waals surface area contributed by atoms with Crippen LogP contribution in [0.15, 0.2) is 71.8 Å². The number of benzene rings is 2. The smallest absolute Gasteiger partial charge is 0.255 e. The molecule has 5 rings (SSSR count). The highest BCUT2D eigenvalue weighted by Gasteiger charge is 2.25. The predicted octanol–water partition coefficient (Wildman–Crippen LogP) is 5.18. The van der Waals surface area contributed by atoms with Crippen LogP contribution in [0.4, 0.5) is 5.69 Å². The summed E-state index contributed by atoms with van der Waals surface area (Å²) >= 11 is 18.2. The minimum atomic E-state index is -0.273. The lowest BCUT2D eigenvalue weighted by Crippen LogP contribution is -2.39. The van der Waals surface area contributed by atoms with Gasteiger partial charge < -0.3 is 14.8 Å². The van der Waals surface area contributed by atoms with Crippen molar-refractivity contribution in [3.8, 4) is 0 Å². The fourth-order valence-corrected chi connectivity index (χ4v) is 5.61. The monoisotopic (exact) mass is 612 g/mol. The lowest BCUT2D eigenvalue weighted by atomic mass is 9.92. The summed E-state index contributed by atoms with van der Waals surface area (Å²) in [7, 11) is 0. The predicted molar refractivity (Wildman–Crippen MR) is 159 cm³/mol. The number of carbonyl (C=O) groups excluding carboxylic acids is 2. The third-order valence-electron chi connectivity index (χ3n) is 6.97. The van der Waals surface area contributed by atoms with Crippen molar-refractivity contribution in [1.29, 1.82) is 0 Å². The normalized spacial score (nSPS) is 13.8. The fourth-order valence-electron chi connectivity index (χ4n) is 4.89. The Bertz CT molecular complexity index is 1610. The molecule has 0 atom stereocenters. The number of pyridine rings is 1. The molecule has 212 valence electrons. The summed E-state index contributed by atoms with van der Waals surface area (Å²) in [5.41, 5.74) is 2.38. The van der Waals surface area contributed by atoms with Gasteiger partial charge >= 0.3 is 0 Å². The molecule has 0 saturated carbocycles. The number of anilines is 1. The minimum absolute atomic E-state index is 0.00268. The van der Waals surface area contributed by atoms with E-state index in [1.54, 1.807) is 42.7 Å². The quantitative estimate of drug-likeness (QED) is 0.295. The first-order valence-electron chi connectivity index (χ1n) is 13.1. The van der Waals surface area contributed by atoms with Gasteiger partial charge in [0.25, 0.3) is 11.5 Å². The lowest BCUT2D eigenvalue weighted by molar-refractivity contribution is -0.116. The molecule has 41 heavy (non-hydrogen) atoms. The summed E-state index contributed by atoms with van der Waals surface area (Å²) in [6.45, 7) is 1.50. The van der Waals surface area contributed by atoms with E-state index in [0.717, 1.165) is 24.1 Å². The number of nitrogens with zero attached hydrogens (tertiary/aromatic N) is 5. The van der Waals surface area contributed by atoms with Crippen LogP contribution in [0, 0.1) is 5.92 Å². The highest BCUT2D eigenvalue weighted by atomic mass is 35.5. The van der Waals surface area contributed by atoms with Crippen molar-refractivity contribution in [2.75, 3.05) is 18.4 Å². The number of carbonyl (C=O) groups is 2. The van der Waals surface area contributed by atoms with E-state index in [2.05, 4.69) is 15.6 Å². The molecule has 1 fully saturated rings. The van der Waals surface area contributed by atoms with Crippen LogP contribution in [0.25, 0.3) is 0 Å². The summed E-state index contributed by atoms with van der Waals surface area (Å²) < 4.78 is 3.00. The molecule has 0 unspecified atom stereocenters. The molecular weight excluding hydrogens is 587 g/mol.